The third-order valence-corrected chi connectivity index (χ3v) is 4.28. The topological polar surface area (TPSA) is 47.7 Å². The summed E-state index contributed by atoms with van der Waals surface area (Å²) in [6, 6.07) is 6.45. The minimum absolute atomic E-state index is 0.379. The Morgan fingerprint density at radius 3 is 2.95 bits per heavy atom. The highest BCUT2D eigenvalue weighted by atomic mass is 16.5. The zero-order valence-electron chi connectivity index (χ0n) is 11.5. The van der Waals surface area contributed by atoms with Crippen LogP contribution in [0.15, 0.2) is 18.2 Å². The first kappa shape index (κ1) is 12.6. The summed E-state index contributed by atoms with van der Waals surface area (Å²) in [4.78, 5) is 2.43. The third kappa shape index (κ3) is 2.37. The van der Waals surface area contributed by atoms with Crippen LogP contribution in [0.5, 0.6) is 5.75 Å². The minimum Gasteiger partial charge on any atom is -0.497 e. The second-order valence-corrected chi connectivity index (χ2v) is 5.38. The Hall–Kier alpha value is -1.42. The van der Waals surface area contributed by atoms with E-state index in [9.17, 15) is 0 Å². The van der Waals surface area contributed by atoms with E-state index in [0.717, 1.165) is 30.3 Å². The average molecular weight is 262 g/mol. The first-order valence-electron chi connectivity index (χ1n) is 7.11. The van der Waals surface area contributed by atoms with E-state index in [4.69, 9.17) is 15.2 Å². The predicted molar refractivity (Wildman–Crippen MR) is 76.7 cm³/mol. The van der Waals surface area contributed by atoms with Gasteiger partial charge in [0.05, 0.1) is 37.2 Å². The number of nitrogen functional groups attached to an aromatic ring is 1. The van der Waals surface area contributed by atoms with Crippen LogP contribution in [-0.4, -0.2) is 32.4 Å². The second kappa shape index (κ2) is 5.29. The Morgan fingerprint density at radius 2 is 2.16 bits per heavy atom. The molecule has 0 bridgehead atoms. The smallest absolute Gasteiger partial charge is 0.121 e. The summed E-state index contributed by atoms with van der Waals surface area (Å²) < 4.78 is 11.1. The number of hydrogen-bond acceptors (Lipinski definition) is 4. The van der Waals surface area contributed by atoms with Gasteiger partial charge in [0.1, 0.15) is 5.75 Å². The van der Waals surface area contributed by atoms with Crippen molar-refractivity contribution in [2.45, 2.75) is 37.8 Å². The zero-order chi connectivity index (χ0) is 13.2. The average Bonchev–Trinajstić information content (AvgIpc) is 2.46. The molecule has 0 radical (unpaired) electrons. The van der Waals surface area contributed by atoms with Gasteiger partial charge < -0.3 is 20.1 Å². The van der Waals surface area contributed by atoms with Crippen molar-refractivity contribution in [3.8, 4) is 5.75 Å². The van der Waals surface area contributed by atoms with Gasteiger partial charge in [-0.1, -0.05) is 12.8 Å². The van der Waals surface area contributed by atoms with Crippen molar-refractivity contribution in [3.63, 3.8) is 0 Å². The molecule has 4 nitrogen and oxygen atoms in total. The van der Waals surface area contributed by atoms with Crippen LogP contribution >= 0.6 is 0 Å². The Kier molecular flexibility index (Phi) is 3.51. The highest BCUT2D eigenvalue weighted by Crippen LogP contribution is 2.35. The van der Waals surface area contributed by atoms with Crippen LogP contribution in [0.25, 0.3) is 0 Å². The van der Waals surface area contributed by atoms with Crippen LogP contribution in [0.4, 0.5) is 11.4 Å². The number of nitrogens with two attached hydrogens (primary N) is 1. The standard InChI is InChI=1S/C15H22N2O2/c1-18-11-6-7-13(12(16)10-11)17-8-9-19-15-5-3-2-4-14(15)17/h6-7,10,14-15H,2-5,8-9,16H2,1H3. The molecule has 3 rings (SSSR count). The molecule has 1 heterocycles. The molecule has 19 heavy (non-hydrogen) atoms. The highest BCUT2D eigenvalue weighted by Gasteiger charge is 2.34. The van der Waals surface area contributed by atoms with Gasteiger partial charge in [-0.15, -0.1) is 0 Å². The Bertz CT molecular complexity index is 448. The number of nitrogens with zero attached hydrogens (tertiary/aromatic N) is 1. The molecule has 2 unspecified atom stereocenters. The Labute approximate surface area is 114 Å². The number of rotatable bonds is 2. The van der Waals surface area contributed by atoms with Crippen molar-refractivity contribution in [3.05, 3.63) is 18.2 Å². The van der Waals surface area contributed by atoms with Gasteiger partial charge >= 0.3 is 0 Å². The second-order valence-electron chi connectivity index (χ2n) is 5.38. The highest BCUT2D eigenvalue weighted by molar-refractivity contribution is 5.70. The fraction of sp³-hybridized carbons (Fsp3) is 0.600. The van der Waals surface area contributed by atoms with E-state index in [1.54, 1.807) is 7.11 Å². The van der Waals surface area contributed by atoms with E-state index in [0.29, 0.717) is 12.1 Å². The Balaban J connectivity index is 1.87. The van der Waals surface area contributed by atoms with E-state index in [2.05, 4.69) is 11.0 Å². The van der Waals surface area contributed by atoms with Gasteiger partial charge in [-0.3, -0.25) is 0 Å². The van der Waals surface area contributed by atoms with Crippen molar-refractivity contribution in [2.24, 2.45) is 0 Å². The molecule has 2 atom stereocenters. The largest absolute Gasteiger partial charge is 0.497 e. The zero-order valence-corrected chi connectivity index (χ0v) is 11.5. The first-order chi connectivity index (χ1) is 9.29. The Morgan fingerprint density at radius 1 is 1.32 bits per heavy atom. The third-order valence-electron chi connectivity index (χ3n) is 4.28. The van der Waals surface area contributed by atoms with Crippen molar-refractivity contribution in [1.29, 1.82) is 0 Å². The van der Waals surface area contributed by atoms with Gasteiger partial charge in [0.2, 0.25) is 0 Å². The van der Waals surface area contributed by atoms with E-state index >= 15 is 0 Å². The predicted octanol–water partition coefficient (Wildman–Crippen LogP) is 2.43. The van der Waals surface area contributed by atoms with Gasteiger partial charge in [-0.05, 0) is 25.0 Å². The maximum Gasteiger partial charge on any atom is 0.121 e. The van der Waals surface area contributed by atoms with Gasteiger partial charge in [-0.25, -0.2) is 0 Å². The monoisotopic (exact) mass is 262 g/mol. The molecule has 1 aliphatic carbocycles. The molecule has 2 N–H and O–H groups in total. The van der Waals surface area contributed by atoms with Gasteiger partial charge in [0.15, 0.2) is 0 Å². The molecule has 2 aliphatic rings. The maximum atomic E-state index is 6.19. The van der Waals surface area contributed by atoms with Crippen molar-refractivity contribution in [2.75, 3.05) is 30.9 Å². The molecule has 1 aliphatic heterocycles. The lowest BCUT2D eigenvalue weighted by Crippen LogP contribution is -2.53. The lowest BCUT2D eigenvalue weighted by Gasteiger charge is -2.45. The van der Waals surface area contributed by atoms with Gasteiger partial charge in [0, 0.05) is 12.6 Å². The van der Waals surface area contributed by atoms with Crippen molar-refractivity contribution < 1.29 is 9.47 Å². The van der Waals surface area contributed by atoms with E-state index in [1.807, 2.05) is 12.1 Å². The molecule has 0 spiro atoms. The van der Waals surface area contributed by atoms with Gasteiger partial charge in [0.25, 0.3) is 0 Å². The summed E-state index contributed by atoms with van der Waals surface area (Å²) in [6.45, 7) is 1.73. The van der Waals surface area contributed by atoms with E-state index in [1.165, 1.54) is 25.7 Å². The normalized spacial score (nSPS) is 26.9. The van der Waals surface area contributed by atoms with E-state index < -0.39 is 0 Å². The van der Waals surface area contributed by atoms with Crippen molar-refractivity contribution >= 4 is 11.4 Å². The summed E-state index contributed by atoms with van der Waals surface area (Å²) >= 11 is 0. The summed E-state index contributed by atoms with van der Waals surface area (Å²) in [5.41, 5.74) is 8.11. The number of fused-ring (bicyclic) bond motifs is 1. The lowest BCUT2D eigenvalue weighted by molar-refractivity contribution is -0.00862. The fourth-order valence-electron chi connectivity index (χ4n) is 3.32. The number of benzene rings is 1. The van der Waals surface area contributed by atoms with E-state index in [-0.39, 0.29) is 0 Å². The number of morpholine rings is 1. The van der Waals surface area contributed by atoms with Crippen LogP contribution in [0.3, 0.4) is 0 Å². The number of hydrogen-bond donors (Lipinski definition) is 1. The molecule has 0 aromatic heterocycles. The molecule has 1 saturated heterocycles. The molecule has 4 heteroatoms. The summed E-state index contributed by atoms with van der Waals surface area (Å²) in [5, 5.41) is 0. The fourth-order valence-corrected chi connectivity index (χ4v) is 3.32. The summed E-state index contributed by atoms with van der Waals surface area (Å²) in [7, 11) is 1.67. The molecule has 1 aromatic rings. The number of methoxy groups -OCH3 is 1. The lowest BCUT2D eigenvalue weighted by atomic mass is 9.89. The van der Waals surface area contributed by atoms with Crippen LogP contribution in [0.1, 0.15) is 25.7 Å². The molecule has 2 fully saturated rings. The molecule has 0 amide bonds. The van der Waals surface area contributed by atoms with Crippen molar-refractivity contribution in [1.82, 2.24) is 0 Å². The molecule has 1 aromatic carbocycles. The molecule has 104 valence electrons. The van der Waals surface area contributed by atoms with Crippen LogP contribution in [0, 0.1) is 0 Å². The number of ether oxygens (including phenoxy) is 2. The summed E-state index contributed by atoms with van der Waals surface area (Å²) in [6.07, 6.45) is 5.33. The minimum atomic E-state index is 0.379. The molecule has 1 saturated carbocycles. The SMILES string of the molecule is COc1ccc(N2CCOC3CCCCC32)c(N)c1. The van der Waals surface area contributed by atoms with Crippen LogP contribution in [0.2, 0.25) is 0 Å². The summed E-state index contributed by atoms with van der Waals surface area (Å²) in [5.74, 6) is 0.815. The molecular weight excluding hydrogens is 240 g/mol. The number of anilines is 2. The molecular formula is C15H22N2O2. The van der Waals surface area contributed by atoms with Crippen LogP contribution in [-0.2, 0) is 4.74 Å². The maximum absolute atomic E-state index is 6.19. The van der Waals surface area contributed by atoms with Gasteiger partial charge in [-0.2, -0.15) is 0 Å². The van der Waals surface area contributed by atoms with Crippen LogP contribution < -0.4 is 15.4 Å². The first-order valence-corrected chi connectivity index (χ1v) is 7.11. The quantitative estimate of drug-likeness (QED) is 0.832.